The second-order valence-electron chi connectivity index (χ2n) is 5.87. The van der Waals surface area contributed by atoms with Crippen molar-refractivity contribution in [1.82, 2.24) is 4.90 Å². The number of likely N-dealkylation sites (N-methyl/N-ethyl adjacent to an activating group) is 1. The summed E-state index contributed by atoms with van der Waals surface area (Å²) < 4.78 is 0. The van der Waals surface area contributed by atoms with Gasteiger partial charge in [0.05, 0.1) is 0 Å². The maximum Gasteiger partial charge on any atom is 0.119 e. The van der Waals surface area contributed by atoms with Gasteiger partial charge in [-0.1, -0.05) is 19.1 Å². The third-order valence-corrected chi connectivity index (χ3v) is 4.86. The number of phenols is 1. The number of likely N-dealkylation sites (tertiary alicyclic amines) is 1. The lowest BCUT2D eigenvalue weighted by molar-refractivity contribution is 0.0835. The van der Waals surface area contributed by atoms with E-state index in [0.29, 0.717) is 11.8 Å². The topological polar surface area (TPSA) is 23.5 Å². The minimum atomic E-state index is 0.145. The molecule has 17 heavy (non-hydrogen) atoms. The van der Waals surface area contributed by atoms with Crippen LogP contribution < -0.4 is 0 Å². The highest BCUT2D eigenvalue weighted by Crippen LogP contribution is 2.48. The zero-order chi connectivity index (χ0) is 12.0. The van der Waals surface area contributed by atoms with Gasteiger partial charge in [0.1, 0.15) is 5.75 Å². The number of aromatic hydroxyl groups is 1. The van der Waals surface area contributed by atoms with E-state index in [1.54, 1.807) is 0 Å². The van der Waals surface area contributed by atoms with Gasteiger partial charge in [0, 0.05) is 17.0 Å². The smallest absolute Gasteiger partial charge is 0.119 e. The lowest BCUT2D eigenvalue weighted by atomic mass is 9.63. The molecule has 1 aromatic carbocycles. The molecule has 0 aromatic heterocycles. The molecule has 1 saturated heterocycles. The molecule has 92 valence electrons. The number of nitrogens with zero attached hydrogens (tertiary/aromatic N) is 1. The highest BCUT2D eigenvalue weighted by molar-refractivity contribution is 5.48. The highest BCUT2D eigenvalue weighted by Gasteiger charge is 2.45. The van der Waals surface area contributed by atoms with Gasteiger partial charge in [-0.05, 0) is 50.9 Å². The Morgan fingerprint density at radius 2 is 2.24 bits per heavy atom. The van der Waals surface area contributed by atoms with Crippen LogP contribution in [0.5, 0.6) is 5.75 Å². The number of hydrogen-bond donors (Lipinski definition) is 1. The highest BCUT2D eigenvalue weighted by atomic mass is 16.3. The normalized spacial score (nSPS) is 32.9. The van der Waals surface area contributed by atoms with E-state index >= 15 is 0 Å². The second-order valence-corrected chi connectivity index (χ2v) is 5.87. The summed E-state index contributed by atoms with van der Waals surface area (Å²) in [6.07, 6.45) is 4.77. The average molecular weight is 231 g/mol. The summed E-state index contributed by atoms with van der Waals surface area (Å²) in [5, 5.41) is 10.2. The van der Waals surface area contributed by atoms with Gasteiger partial charge < -0.3 is 10.0 Å². The molecular weight excluding hydrogens is 210 g/mol. The molecule has 1 heterocycles. The summed E-state index contributed by atoms with van der Waals surface area (Å²) in [5.41, 5.74) is 2.73. The number of piperidine rings is 1. The maximum absolute atomic E-state index is 10.2. The second kappa shape index (κ2) is 3.74. The summed E-state index contributed by atoms with van der Waals surface area (Å²) in [6, 6.07) is 6.60. The Labute approximate surface area is 103 Å². The minimum absolute atomic E-state index is 0.145. The largest absolute Gasteiger partial charge is 0.508 e. The fourth-order valence-corrected chi connectivity index (χ4v) is 4.08. The van der Waals surface area contributed by atoms with E-state index in [0.717, 1.165) is 6.42 Å². The van der Waals surface area contributed by atoms with Gasteiger partial charge >= 0.3 is 0 Å². The Kier molecular flexibility index (Phi) is 2.44. The van der Waals surface area contributed by atoms with Gasteiger partial charge in [-0.3, -0.25) is 0 Å². The van der Waals surface area contributed by atoms with E-state index in [9.17, 15) is 5.11 Å². The summed E-state index contributed by atoms with van der Waals surface area (Å²) in [6.45, 7) is 3.54. The number of benzene rings is 1. The van der Waals surface area contributed by atoms with Gasteiger partial charge in [0.15, 0.2) is 0 Å². The molecule has 3 rings (SSSR count). The fourth-order valence-electron chi connectivity index (χ4n) is 4.08. The van der Waals surface area contributed by atoms with E-state index in [1.807, 2.05) is 12.1 Å². The molecule has 1 fully saturated rings. The molecule has 1 aliphatic heterocycles. The van der Waals surface area contributed by atoms with Crippen molar-refractivity contribution in [1.29, 1.82) is 0 Å². The van der Waals surface area contributed by atoms with E-state index in [2.05, 4.69) is 24.9 Å². The molecule has 0 amide bonds. The van der Waals surface area contributed by atoms with Crippen LogP contribution in [0.15, 0.2) is 18.2 Å². The van der Waals surface area contributed by atoms with Crippen molar-refractivity contribution in [3.63, 3.8) is 0 Å². The number of phenolic OH excluding ortho intramolecular Hbond substituents is 1. The number of rotatable bonds is 0. The summed E-state index contributed by atoms with van der Waals surface area (Å²) in [7, 11) is 2.23. The first kappa shape index (κ1) is 11.1. The lowest BCUT2D eigenvalue weighted by Crippen LogP contribution is -2.54. The van der Waals surface area contributed by atoms with Crippen molar-refractivity contribution in [2.75, 3.05) is 13.6 Å². The van der Waals surface area contributed by atoms with Crippen LogP contribution in [-0.4, -0.2) is 29.6 Å². The quantitative estimate of drug-likeness (QED) is 0.742. The standard InChI is InChI=1S/C15H21NO/c1-15-9-4-10-16(2)13(15)8-7-11-5-3-6-12(17)14(11)15/h3,5-6,13,17H,4,7-10H2,1-2H3. The Morgan fingerprint density at radius 1 is 1.41 bits per heavy atom. The van der Waals surface area contributed by atoms with Gasteiger partial charge in [-0.15, -0.1) is 0 Å². The first-order valence-corrected chi connectivity index (χ1v) is 6.64. The third-order valence-electron chi connectivity index (χ3n) is 4.86. The number of aryl methyl sites for hydroxylation is 1. The molecule has 0 spiro atoms. The fraction of sp³-hybridized carbons (Fsp3) is 0.600. The molecule has 2 unspecified atom stereocenters. The summed E-state index contributed by atoms with van der Waals surface area (Å²) >= 11 is 0. The number of fused-ring (bicyclic) bond motifs is 3. The van der Waals surface area contributed by atoms with Crippen LogP contribution in [0.2, 0.25) is 0 Å². The SMILES string of the molecule is CN1CCCC2(C)c3c(O)cccc3CCC12. The van der Waals surface area contributed by atoms with Crippen LogP contribution in [0.3, 0.4) is 0 Å². The summed E-state index contributed by atoms with van der Waals surface area (Å²) in [4.78, 5) is 2.48. The Hall–Kier alpha value is -1.02. The monoisotopic (exact) mass is 231 g/mol. The van der Waals surface area contributed by atoms with Gasteiger partial charge in [-0.25, -0.2) is 0 Å². The van der Waals surface area contributed by atoms with Crippen molar-refractivity contribution in [3.05, 3.63) is 29.3 Å². The van der Waals surface area contributed by atoms with Gasteiger partial charge in [0.2, 0.25) is 0 Å². The van der Waals surface area contributed by atoms with Crippen LogP contribution in [-0.2, 0) is 11.8 Å². The zero-order valence-electron chi connectivity index (χ0n) is 10.7. The van der Waals surface area contributed by atoms with E-state index in [1.165, 1.54) is 36.9 Å². The molecule has 0 saturated carbocycles. The van der Waals surface area contributed by atoms with Crippen molar-refractivity contribution in [2.24, 2.45) is 0 Å². The Morgan fingerprint density at radius 3 is 3.06 bits per heavy atom. The van der Waals surface area contributed by atoms with Gasteiger partial charge in [-0.2, -0.15) is 0 Å². The van der Waals surface area contributed by atoms with Crippen LogP contribution in [0.25, 0.3) is 0 Å². The van der Waals surface area contributed by atoms with Crippen molar-refractivity contribution >= 4 is 0 Å². The lowest BCUT2D eigenvalue weighted by Gasteiger charge is -2.51. The van der Waals surface area contributed by atoms with Crippen LogP contribution >= 0.6 is 0 Å². The molecule has 1 N–H and O–H groups in total. The Balaban J connectivity index is 2.14. The average Bonchev–Trinajstić information content (AvgIpc) is 2.28. The third kappa shape index (κ3) is 1.50. The molecule has 1 aliphatic carbocycles. The molecule has 2 nitrogen and oxygen atoms in total. The van der Waals surface area contributed by atoms with Crippen molar-refractivity contribution in [3.8, 4) is 5.75 Å². The molecule has 0 radical (unpaired) electrons. The first-order valence-electron chi connectivity index (χ1n) is 6.64. The first-order chi connectivity index (χ1) is 8.13. The van der Waals surface area contributed by atoms with Crippen molar-refractivity contribution in [2.45, 2.75) is 44.1 Å². The number of hydrogen-bond acceptors (Lipinski definition) is 2. The zero-order valence-corrected chi connectivity index (χ0v) is 10.7. The molecule has 2 atom stereocenters. The van der Waals surface area contributed by atoms with E-state index < -0.39 is 0 Å². The molecule has 1 aromatic rings. The molecule has 0 bridgehead atoms. The minimum Gasteiger partial charge on any atom is -0.508 e. The summed E-state index contributed by atoms with van der Waals surface area (Å²) in [5.74, 6) is 0.505. The Bertz CT molecular complexity index is 443. The van der Waals surface area contributed by atoms with Gasteiger partial charge in [0.25, 0.3) is 0 Å². The van der Waals surface area contributed by atoms with E-state index in [4.69, 9.17) is 0 Å². The van der Waals surface area contributed by atoms with Crippen LogP contribution in [0, 0.1) is 0 Å². The maximum atomic E-state index is 10.2. The van der Waals surface area contributed by atoms with Crippen LogP contribution in [0.4, 0.5) is 0 Å². The molecule has 2 aliphatic rings. The molecule has 2 heteroatoms. The van der Waals surface area contributed by atoms with Crippen molar-refractivity contribution < 1.29 is 5.11 Å². The van der Waals surface area contributed by atoms with E-state index in [-0.39, 0.29) is 5.41 Å². The molecular formula is C15H21NO. The predicted octanol–water partition coefficient (Wildman–Crippen LogP) is 2.69. The van der Waals surface area contributed by atoms with Crippen LogP contribution in [0.1, 0.15) is 37.3 Å². The predicted molar refractivity (Wildman–Crippen MR) is 69.4 cm³/mol.